The molecule has 6 heteroatoms. The zero-order valence-corrected chi connectivity index (χ0v) is 31.2. The number of nitrogens with zero attached hydrogens (tertiary/aromatic N) is 5. The first kappa shape index (κ1) is 32.8. The Kier molecular flexibility index (Phi) is 7.66. The maximum atomic E-state index is 7.44. The van der Waals surface area contributed by atoms with Gasteiger partial charge in [-0.15, -0.1) is 11.3 Å². The quantitative estimate of drug-likeness (QED) is 0.130. The molecule has 3 aromatic heterocycles. The van der Waals surface area contributed by atoms with Crippen LogP contribution in [0.25, 0.3) is 114 Å². The molecule has 0 unspecified atom stereocenters. The number of aromatic nitrogens is 4. The van der Waals surface area contributed by atoms with Gasteiger partial charge in [0.05, 0.1) is 12.1 Å². The molecule has 0 saturated carbocycles. The van der Waals surface area contributed by atoms with Crippen LogP contribution in [0.5, 0.6) is 0 Å². The first-order valence-corrected chi connectivity index (χ1v) is 19.6. The highest BCUT2D eigenvalue weighted by molar-refractivity contribution is 7.25. The summed E-state index contributed by atoms with van der Waals surface area (Å²) < 4.78 is 2.46. The van der Waals surface area contributed by atoms with Gasteiger partial charge in [0.1, 0.15) is 0 Å². The van der Waals surface area contributed by atoms with E-state index in [-0.39, 0.29) is 0 Å². The van der Waals surface area contributed by atoms with Crippen molar-refractivity contribution in [2.45, 2.75) is 0 Å². The molecule has 0 fully saturated rings. The van der Waals surface area contributed by atoms with Crippen LogP contribution >= 0.6 is 11.3 Å². The molecule has 0 aliphatic rings. The van der Waals surface area contributed by atoms with E-state index in [4.69, 9.17) is 26.5 Å². The van der Waals surface area contributed by atoms with Gasteiger partial charge in [0.25, 0.3) is 0 Å². The third-order valence-electron chi connectivity index (χ3n) is 10.8. The normalized spacial score (nSPS) is 11.5. The van der Waals surface area contributed by atoms with Crippen LogP contribution in [0, 0.1) is 6.57 Å². The van der Waals surface area contributed by atoms with Crippen molar-refractivity contribution in [3.05, 3.63) is 187 Å². The number of hydrogen-bond acceptors (Lipinski definition) is 5. The highest BCUT2D eigenvalue weighted by Crippen LogP contribution is 2.42. The minimum Gasteiger partial charge on any atom is -0.256 e. The van der Waals surface area contributed by atoms with Gasteiger partial charge in [-0.3, -0.25) is 4.98 Å². The third-order valence-corrected chi connectivity index (χ3v) is 11.9. The molecular weight excluding hydrogens is 715 g/mol. The fourth-order valence-corrected chi connectivity index (χ4v) is 9.19. The Labute approximate surface area is 332 Å². The monoisotopic (exact) mass is 743 g/mol. The van der Waals surface area contributed by atoms with E-state index in [1.54, 1.807) is 11.3 Å². The predicted octanol–water partition coefficient (Wildman–Crippen LogP) is 14.0. The van der Waals surface area contributed by atoms with Gasteiger partial charge < -0.3 is 0 Å². The summed E-state index contributed by atoms with van der Waals surface area (Å²) >= 11 is 1.79. The molecule has 0 bridgehead atoms. The Hall–Kier alpha value is -7.59. The largest absolute Gasteiger partial charge is 0.256 e. The summed E-state index contributed by atoms with van der Waals surface area (Å²) in [5.41, 5.74) is 8.58. The van der Waals surface area contributed by atoms with Crippen molar-refractivity contribution >= 4 is 69.6 Å². The number of hydrogen-bond donors (Lipinski definition) is 0. The number of benzene rings is 8. The summed E-state index contributed by atoms with van der Waals surface area (Å²) in [5, 5.41) is 8.17. The molecule has 5 nitrogen and oxygen atoms in total. The second-order valence-corrected chi connectivity index (χ2v) is 15.2. The third kappa shape index (κ3) is 5.60. The van der Waals surface area contributed by atoms with Gasteiger partial charge in [0.2, 0.25) is 0 Å². The number of fused-ring (bicyclic) bond motifs is 8. The van der Waals surface area contributed by atoms with Gasteiger partial charge in [-0.05, 0) is 74.6 Å². The minimum atomic E-state index is 0.606. The molecule has 0 saturated heterocycles. The lowest BCUT2D eigenvalue weighted by molar-refractivity contribution is 1.07. The van der Waals surface area contributed by atoms with E-state index >= 15 is 0 Å². The summed E-state index contributed by atoms with van der Waals surface area (Å²) in [5.74, 6) is 1.86. The van der Waals surface area contributed by atoms with E-state index in [1.807, 2.05) is 66.9 Å². The Bertz CT molecular complexity index is 3420. The lowest BCUT2D eigenvalue weighted by Crippen LogP contribution is -2.00. The minimum absolute atomic E-state index is 0.606. The van der Waals surface area contributed by atoms with Crippen molar-refractivity contribution < 1.29 is 0 Å². The fraction of sp³-hybridized carbons (Fsp3) is 0. The molecule has 57 heavy (non-hydrogen) atoms. The van der Waals surface area contributed by atoms with Crippen LogP contribution in [0.15, 0.2) is 176 Å². The van der Waals surface area contributed by atoms with Crippen LogP contribution in [0.3, 0.4) is 0 Å². The van der Waals surface area contributed by atoms with Gasteiger partial charge >= 0.3 is 0 Å². The van der Waals surface area contributed by atoms with Crippen molar-refractivity contribution in [3.63, 3.8) is 0 Å². The van der Waals surface area contributed by atoms with Gasteiger partial charge in [-0.25, -0.2) is 19.8 Å². The molecule has 3 heterocycles. The SMILES string of the molecule is [C-]#[N+]c1ccc(-c2cc3c4cccnc4c(-c4cccc(-c5nc(-c6ccccc6)nc(-c6ccc7c(c6)sc6ccccc67)n5)c4)cc3c3ccccc23)cc1. The van der Waals surface area contributed by atoms with Crippen LogP contribution in [0.4, 0.5) is 5.69 Å². The average Bonchev–Trinajstić information content (AvgIpc) is 3.67. The second-order valence-electron chi connectivity index (χ2n) is 14.1. The molecule has 0 radical (unpaired) electrons. The van der Waals surface area contributed by atoms with E-state index in [0.717, 1.165) is 71.4 Å². The van der Waals surface area contributed by atoms with E-state index in [2.05, 4.69) is 114 Å². The predicted molar refractivity (Wildman–Crippen MR) is 236 cm³/mol. The number of rotatable bonds is 5. The fourth-order valence-electron chi connectivity index (χ4n) is 8.04. The van der Waals surface area contributed by atoms with E-state index in [0.29, 0.717) is 23.2 Å². The summed E-state index contributed by atoms with van der Waals surface area (Å²) in [6.45, 7) is 7.44. The molecule has 11 rings (SSSR count). The molecule has 8 aromatic carbocycles. The van der Waals surface area contributed by atoms with Crippen molar-refractivity contribution in [2.24, 2.45) is 0 Å². The lowest BCUT2D eigenvalue weighted by atomic mass is 9.89. The smallest absolute Gasteiger partial charge is 0.187 e. The van der Waals surface area contributed by atoms with Crippen LogP contribution in [0.1, 0.15) is 0 Å². The molecule has 0 N–H and O–H groups in total. The van der Waals surface area contributed by atoms with Gasteiger partial charge in [-0.1, -0.05) is 133 Å². The van der Waals surface area contributed by atoms with Crippen molar-refractivity contribution in [1.29, 1.82) is 0 Å². The van der Waals surface area contributed by atoms with E-state index in [9.17, 15) is 0 Å². The Balaban J connectivity index is 1.09. The van der Waals surface area contributed by atoms with Crippen molar-refractivity contribution in [2.75, 3.05) is 0 Å². The second kappa shape index (κ2) is 13.3. The Morgan fingerprint density at radius 2 is 0.982 bits per heavy atom. The Morgan fingerprint density at radius 1 is 0.386 bits per heavy atom. The summed E-state index contributed by atoms with van der Waals surface area (Å²) in [4.78, 5) is 23.9. The van der Waals surface area contributed by atoms with E-state index < -0.39 is 0 Å². The average molecular weight is 744 g/mol. The molecule has 0 atom stereocenters. The first-order chi connectivity index (χ1) is 28.2. The molecule has 0 aliphatic heterocycles. The van der Waals surface area contributed by atoms with Crippen LogP contribution in [-0.2, 0) is 0 Å². The summed E-state index contributed by atoms with van der Waals surface area (Å²) in [7, 11) is 0. The molecule has 264 valence electrons. The Morgan fingerprint density at radius 3 is 1.79 bits per heavy atom. The highest BCUT2D eigenvalue weighted by atomic mass is 32.1. The van der Waals surface area contributed by atoms with Crippen molar-refractivity contribution in [1.82, 2.24) is 19.9 Å². The molecule has 0 amide bonds. The molecule has 11 aromatic rings. The molecular formula is C51H29N5S. The highest BCUT2D eigenvalue weighted by Gasteiger charge is 2.18. The standard InChI is InChI=1S/C51H29N5S/c1-52-36-23-20-31(21-24-36)42-29-45-41-18-10-26-53-48(41)43(30-44(45)38-16-6-5-15-37(38)42)33-13-9-14-34(27-33)50-54-49(32-11-3-2-4-12-32)55-51(56-50)35-22-25-40-39-17-7-8-19-46(39)57-47(40)28-35/h2-30H. The zero-order valence-electron chi connectivity index (χ0n) is 30.4. The number of pyridine rings is 1. The maximum Gasteiger partial charge on any atom is 0.187 e. The first-order valence-electron chi connectivity index (χ1n) is 18.7. The summed E-state index contributed by atoms with van der Waals surface area (Å²) in [6, 6.07) is 58.8. The lowest BCUT2D eigenvalue weighted by Gasteiger charge is -2.16. The van der Waals surface area contributed by atoms with Gasteiger partial charge in [0.15, 0.2) is 23.2 Å². The van der Waals surface area contributed by atoms with Crippen LogP contribution in [0.2, 0.25) is 0 Å². The molecule has 0 aliphatic carbocycles. The van der Waals surface area contributed by atoms with Gasteiger partial charge in [-0.2, -0.15) is 0 Å². The maximum absolute atomic E-state index is 7.44. The number of thiophene rings is 1. The molecule has 0 spiro atoms. The summed E-state index contributed by atoms with van der Waals surface area (Å²) in [6.07, 6.45) is 1.87. The van der Waals surface area contributed by atoms with Crippen LogP contribution in [-0.4, -0.2) is 19.9 Å². The zero-order chi connectivity index (χ0) is 37.9. The van der Waals surface area contributed by atoms with Crippen LogP contribution < -0.4 is 0 Å². The van der Waals surface area contributed by atoms with Gasteiger partial charge in [0, 0.05) is 54.0 Å². The topological polar surface area (TPSA) is 55.9 Å². The van der Waals surface area contributed by atoms with E-state index in [1.165, 1.54) is 20.2 Å². The van der Waals surface area contributed by atoms with Crippen molar-refractivity contribution in [3.8, 4) is 56.4 Å².